The molecule has 25 heavy (non-hydrogen) atoms. The molecule has 0 aliphatic carbocycles. The summed E-state index contributed by atoms with van der Waals surface area (Å²) in [4.78, 5) is 15.3. The molecule has 0 aliphatic heterocycles. The summed E-state index contributed by atoms with van der Waals surface area (Å²) in [7, 11) is 1.42. The molecule has 2 aromatic carbocycles. The van der Waals surface area contributed by atoms with Gasteiger partial charge in [-0.25, -0.2) is 9.18 Å². The molecule has 3 aromatic rings. The molecule has 1 aromatic heterocycles. The van der Waals surface area contributed by atoms with Gasteiger partial charge >= 0.3 is 5.97 Å². The molecule has 0 saturated heterocycles. The summed E-state index contributed by atoms with van der Waals surface area (Å²) in [5.41, 5.74) is 2.62. The fourth-order valence-corrected chi connectivity index (χ4v) is 2.78. The maximum atomic E-state index is 14.8. The van der Waals surface area contributed by atoms with Gasteiger partial charge in [-0.15, -0.1) is 0 Å². The molecule has 5 heteroatoms. The van der Waals surface area contributed by atoms with E-state index in [2.05, 4.69) is 4.98 Å². The zero-order chi connectivity index (χ0) is 17.8. The Balaban J connectivity index is 2.23. The predicted molar refractivity (Wildman–Crippen MR) is 94.1 cm³/mol. The van der Waals surface area contributed by atoms with Crippen molar-refractivity contribution in [1.82, 2.24) is 4.98 Å². The highest BCUT2D eigenvalue weighted by Gasteiger charge is 2.23. The second-order valence-electron chi connectivity index (χ2n) is 5.36. The van der Waals surface area contributed by atoms with Crippen molar-refractivity contribution in [2.45, 2.75) is 6.92 Å². The number of esters is 1. The Kier molecular flexibility index (Phi) is 4.84. The lowest BCUT2D eigenvalue weighted by molar-refractivity contribution is 0.0521. The Bertz CT molecular complexity index is 887. The Morgan fingerprint density at radius 1 is 1.08 bits per heavy atom. The minimum atomic E-state index is -0.476. The molecule has 0 radical (unpaired) electrons. The fourth-order valence-electron chi connectivity index (χ4n) is 2.78. The highest BCUT2D eigenvalue weighted by Crippen LogP contribution is 2.38. The molecule has 0 bridgehead atoms. The summed E-state index contributed by atoms with van der Waals surface area (Å²) in [5, 5.41) is 0. The van der Waals surface area contributed by atoms with E-state index in [-0.39, 0.29) is 12.4 Å². The van der Waals surface area contributed by atoms with Crippen molar-refractivity contribution >= 4 is 5.97 Å². The van der Waals surface area contributed by atoms with Crippen molar-refractivity contribution in [3.05, 3.63) is 66.2 Å². The molecule has 0 atom stereocenters. The predicted octanol–water partition coefficient (Wildman–Crippen LogP) is 4.67. The Morgan fingerprint density at radius 3 is 2.52 bits per heavy atom. The van der Waals surface area contributed by atoms with Crippen LogP contribution in [0, 0.1) is 5.82 Å². The van der Waals surface area contributed by atoms with Crippen LogP contribution in [0.5, 0.6) is 5.75 Å². The van der Waals surface area contributed by atoms with Crippen LogP contribution >= 0.6 is 0 Å². The van der Waals surface area contributed by atoms with E-state index < -0.39 is 11.8 Å². The van der Waals surface area contributed by atoms with Gasteiger partial charge in [-0.05, 0) is 18.6 Å². The second kappa shape index (κ2) is 7.21. The van der Waals surface area contributed by atoms with Crippen molar-refractivity contribution in [2.24, 2.45) is 0 Å². The number of benzene rings is 2. The molecule has 1 N–H and O–H groups in total. The Morgan fingerprint density at radius 2 is 1.84 bits per heavy atom. The largest absolute Gasteiger partial charge is 0.494 e. The van der Waals surface area contributed by atoms with Gasteiger partial charge in [-0.2, -0.15) is 0 Å². The zero-order valence-electron chi connectivity index (χ0n) is 14.0. The van der Waals surface area contributed by atoms with Gasteiger partial charge in [0.15, 0.2) is 11.6 Å². The van der Waals surface area contributed by atoms with E-state index in [4.69, 9.17) is 9.47 Å². The lowest BCUT2D eigenvalue weighted by Crippen LogP contribution is -2.06. The van der Waals surface area contributed by atoms with Gasteiger partial charge in [0.05, 0.1) is 13.7 Å². The first-order chi connectivity index (χ1) is 12.2. The van der Waals surface area contributed by atoms with Crippen molar-refractivity contribution in [1.29, 1.82) is 0 Å². The molecule has 0 aliphatic rings. The monoisotopic (exact) mass is 339 g/mol. The maximum Gasteiger partial charge on any atom is 0.355 e. The number of aromatic amines is 1. The van der Waals surface area contributed by atoms with Gasteiger partial charge in [-0.3, -0.25) is 0 Å². The van der Waals surface area contributed by atoms with Gasteiger partial charge < -0.3 is 14.5 Å². The molecule has 0 amide bonds. The maximum absolute atomic E-state index is 14.8. The van der Waals surface area contributed by atoms with Crippen LogP contribution in [-0.4, -0.2) is 24.7 Å². The number of carbonyl (C=O) groups excluding carboxylic acids is 1. The number of rotatable bonds is 5. The van der Waals surface area contributed by atoms with Crippen LogP contribution in [0.4, 0.5) is 4.39 Å². The van der Waals surface area contributed by atoms with Crippen LogP contribution in [-0.2, 0) is 4.74 Å². The Hall–Kier alpha value is -3.08. The molecule has 0 fully saturated rings. The van der Waals surface area contributed by atoms with E-state index in [0.717, 1.165) is 5.56 Å². The molecular weight excluding hydrogens is 321 g/mol. The molecule has 0 spiro atoms. The summed E-state index contributed by atoms with van der Waals surface area (Å²) in [6, 6.07) is 14.3. The molecular formula is C20H18FNO3. The van der Waals surface area contributed by atoms with Crippen LogP contribution < -0.4 is 4.74 Å². The first-order valence-corrected chi connectivity index (χ1v) is 7.94. The second-order valence-corrected chi connectivity index (χ2v) is 5.36. The highest BCUT2D eigenvalue weighted by molar-refractivity contribution is 6.01. The third-order valence-electron chi connectivity index (χ3n) is 3.90. The Labute approximate surface area is 145 Å². The molecule has 0 saturated carbocycles. The van der Waals surface area contributed by atoms with Crippen molar-refractivity contribution in [2.75, 3.05) is 13.7 Å². The highest BCUT2D eigenvalue weighted by atomic mass is 19.1. The van der Waals surface area contributed by atoms with Gasteiger partial charge in [0.25, 0.3) is 0 Å². The quantitative estimate of drug-likeness (QED) is 0.687. The first kappa shape index (κ1) is 16.8. The van der Waals surface area contributed by atoms with Crippen LogP contribution in [0.1, 0.15) is 17.4 Å². The van der Waals surface area contributed by atoms with E-state index in [1.165, 1.54) is 7.11 Å². The fraction of sp³-hybridized carbons (Fsp3) is 0.150. The molecule has 0 unspecified atom stereocenters. The van der Waals surface area contributed by atoms with Crippen LogP contribution in [0.3, 0.4) is 0 Å². The molecule has 1 heterocycles. The smallest absolute Gasteiger partial charge is 0.355 e. The minimum Gasteiger partial charge on any atom is -0.494 e. The summed E-state index contributed by atoms with van der Waals surface area (Å²) in [5.74, 6) is -0.803. The third kappa shape index (κ3) is 3.13. The van der Waals surface area contributed by atoms with Crippen LogP contribution in [0.2, 0.25) is 0 Å². The van der Waals surface area contributed by atoms with Crippen molar-refractivity contribution in [3.8, 4) is 28.0 Å². The lowest BCUT2D eigenvalue weighted by Gasteiger charge is -2.10. The van der Waals surface area contributed by atoms with Gasteiger partial charge in [0.1, 0.15) is 5.69 Å². The number of ether oxygens (including phenoxy) is 2. The first-order valence-electron chi connectivity index (χ1n) is 7.94. The van der Waals surface area contributed by atoms with E-state index in [1.807, 2.05) is 30.3 Å². The molecule has 3 rings (SSSR count). The van der Waals surface area contributed by atoms with E-state index in [9.17, 15) is 9.18 Å². The number of hydrogen-bond acceptors (Lipinski definition) is 3. The van der Waals surface area contributed by atoms with E-state index in [1.54, 1.807) is 31.3 Å². The van der Waals surface area contributed by atoms with E-state index >= 15 is 0 Å². The summed E-state index contributed by atoms with van der Waals surface area (Å²) in [6.45, 7) is 2.00. The minimum absolute atomic E-state index is 0.149. The van der Waals surface area contributed by atoms with E-state index in [0.29, 0.717) is 22.4 Å². The number of hydrogen-bond donors (Lipinski definition) is 1. The summed E-state index contributed by atoms with van der Waals surface area (Å²) < 4.78 is 25.0. The third-order valence-corrected chi connectivity index (χ3v) is 3.90. The number of carbonyl (C=O) groups is 1. The van der Waals surface area contributed by atoms with Crippen LogP contribution in [0.15, 0.2) is 54.7 Å². The number of halogens is 1. The number of H-pyrrole nitrogens is 1. The normalized spacial score (nSPS) is 10.5. The van der Waals surface area contributed by atoms with Gasteiger partial charge in [0.2, 0.25) is 0 Å². The number of methoxy groups -OCH3 is 1. The topological polar surface area (TPSA) is 51.3 Å². The SMILES string of the molecule is CCOC(=O)c1[nH]cc(-c2cccc(OC)c2F)c1-c1ccccc1. The van der Waals surface area contributed by atoms with Gasteiger partial charge in [-0.1, -0.05) is 42.5 Å². The van der Waals surface area contributed by atoms with Crippen molar-refractivity contribution < 1.29 is 18.7 Å². The average molecular weight is 339 g/mol. The molecule has 4 nitrogen and oxygen atoms in total. The lowest BCUT2D eigenvalue weighted by atomic mass is 9.96. The van der Waals surface area contributed by atoms with Crippen molar-refractivity contribution in [3.63, 3.8) is 0 Å². The standard InChI is InChI=1S/C20H18FNO3/c1-3-25-20(23)19-17(13-8-5-4-6-9-13)15(12-22-19)14-10-7-11-16(24-2)18(14)21/h4-12,22H,3H2,1-2H3. The number of aromatic nitrogens is 1. The molecule has 128 valence electrons. The van der Waals surface area contributed by atoms with Gasteiger partial charge in [0, 0.05) is 22.9 Å². The average Bonchev–Trinajstić information content (AvgIpc) is 3.08. The summed E-state index contributed by atoms with van der Waals surface area (Å²) >= 11 is 0. The zero-order valence-corrected chi connectivity index (χ0v) is 14.0. The number of nitrogens with one attached hydrogen (secondary N) is 1. The summed E-state index contributed by atoms with van der Waals surface area (Å²) in [6.07, 6.45) is 1.62. The van der Waals surface area contributed by atoms with Crippen LogP contribution in [0.25, 0.3) is 22.3 Å².